The molecule has 1 fully saturated rings. The monoisotopic (exact) mass is 225 g/mol. The van der Waals surface area contributed by atoms with E-state index in [-0.39, 0.29) is 11.3 Å². The van der Waals surface area contributed by atoms with E-state index in [9.17, 15) is 5.11 Å². The van der Waals surface area contributed by atoms with Crippen molar-refractivity contribution in [2.45, 2.75) is 38.1 Å². The van der Waals surface area contributed by atoms with Crippen molar-refractivity contribution < 1.29 is 5.11 Å². The molecule has 0 atom stereocenters. The molecule has 1 aliphatic rings. The van der Waals surface area contributed by atoms with E-state index >= 15 is 0 Å². The number of rotatable bonds is 3. The molecule has 2 rings (SSSR count). The van der Waals surface area contributed by atoms with Crippen LogP contribution in [-0.2, 0) is 6.42 Å². The first-order valence-corrected chi connectivity index (χ1v) is 5.65. The fourth-order valence-corrected chi connectivity index (χ4v) is 1.90. The lowest BCUT2D eigenvalue weighted by molar-refractivity contribution is 0.470. The Morgan fingerprint density at radius 3 is 2.67 bits per heavy atom. The minimum Gasteiger partial charge on any atom is -0.508 e. The first-order chi connectivity index (χ1) is 7.00. The summed E-state index contributed by atoms with van der Waals surface area (Å²) in [6.45, 7) is 1.81. The molecule has 15 heavy (non-hydrogen) atoms. The summed E-state index contributed by atoms with van der Waals surface area (Å²) in [4.78, 5) is 0. The van der Waals surface area contributed by atoms with Gasteiger partial charge in [-0.3, -0.25) is 0 Å². The van der Waals surface area contributed by atoms with E-state index in [0.29, 0.717) is 5.02 Å². The van der Waals surface area contributed by atoms with E-state index in [1.807, 2.05) is 13.0 Å². The maximum atomic E-state index is 9.61. The van der Waals surface area contributed by atoms with Crippen LogP contribution in [0.2, 0.25) is 5.02 Å². The molecule has 1 aromatic carbocycles. The van der Waals surface area contributed by atoms with Crippen molar-refractivity contribution in [1.82, 2.24) is 0 Å². The van der Waals surface area contributed by atoms with Crippen LogP contribution in [0.1, 0.15) is 30.4 Å². The predicted octanol–water partition coefficient (Wildman–Crippen LogP) is 2.78. The summed E-state index contributed by atoms with van der Waals surface area (Å²) in [5.74, 6) is 0.277. The van der Waals surface area contributed by atoms with Crippen LogP contribution in [0.5, 0.6) is 5.75 Å². The molecule has 1 aliphatic carbocycles. The lowest BCUT2D eigenvalue weighted by Crippen LogP contribution is -2.22. The summed E-state index contributed by atoms with van der Waals surface area (Å²) in [7, 11) is 0. The van der Waals surface area contributed by atoms with E-state index < -0.39 is 0 Å². The Kier molecular flexibility index (Phi) is 2.65. The van der Waals surface area contributed by atoms with Crippen molar-refractivity contribution in [2.75, 3.05) is 0 Å². The average molecular weight is 226 g/mol. The van der Waals surface area contributed by atoms with Gasteiger partial charge in [0, 0.05) is 16.1 Å². The zero-order valence-electron chi connectivity index (χ0n) is 8.89. The summed E-state index contributed by atoms with van der Waals surface area (Å²) < 4.78 is 0. The van der Waals surface area contributed by atoms with Gasteiger partial charge in [0.25, 0.3) is 0 Å². The minimum absolute atomic E-state index is 0.0625. The number of nitrogens with two attached hydrogens (primary N) is 1. The SMILES string of the molecule is Cc1c(O)cc(CCC2(N)CC2)cc1Cl. The van der Waals surface area contributed by atoms with E-state index in [0.717, 1.165) is 36.8 Å². The first-order valence-electron chi connectivity index (χ1n) is 5.27. The van der Waals surface area contributed by atoms with Gasteiger partial charge in [-0.25, -0.2) is 0 Å². The lowest BCUT2D eigenvalue weighted by Gasteiger charge is -2.10. The molecular weight excluding hydrogens is 210 g/mol. The van der Waals surface area contributed by atoms with Crippen LogP contribution in [0.4, 0.5) is 0 Å². The van der Waals surface area contributed by atoms with Gasteiger partial charge in [0.15, 0.2) is 0 Å². The smallest absolute Gasteiger partial charge is 0.120 e. The molecular formula is C12H16ClNO. The molecule has 0 aliphatic heterocycles. The zero-order valence-corrected chi connectivity index (χ0v) is 9.64. The van der Waals surface area contributed by atoms with Crippen LogP contribution in [0.3, 0.4) is 0 Å². The summed E-state index contributed by atoms with van der Waals surface area (Å²) in [6.07, 6.45) is 4.12. The van der Waals surface area contributed by atoms with E-state index in [1.165, 1.54) is 0 Å². The molecule has 0 saturated heterocycles. The van der Waals surface area contributed by atoms with Crippen molar-refractivity contribution in [3.63, 3.8) is 0 Å². The molecule has 0 spiro atoms. The third-order valence-electron chi connectivity index (χ3n) is 3.18. The topological polar surface area (TPSA) is 46.2 Å². The van der Waals surface area contributed by atoms with E-state index in [4.69, 9.17) is 17.3 Å². The molecule has 0 heterocycles. The number of phenols is 1. The molecule has 2 nitrogen and oxygen atoms in total. The number of halogens is 1. The predicted molar refractivity (Wildman–Crippen MR) is 62.3 cm³/mol. The van der Waals surface area contributed by atoms with Gasteiger partial charge in [-0.05, 0) is 50.3 Å². The highest BCUT2D eigenvalue weighted by Crippen LogP contribution is 2.37. The van der Waals surface area contributed by atoms with Crippen molar-refractivity contribution in [3.05, 3.63) is 28.3 Å². The summed E-state index contributed by atoms with van der Waals surface area (Å²) in [5, 5.41) is 10.2. The molecule has 0 unspecified atom stereocenters. The fraction of sp³-hybridized carbons (Fsp3) is 0.500. The summed E-state index contributed by atoms with van der Waals surface area (Å²) in [6, 6.07) is 3.70. The molecule has 0 bridgehead atoms. The summed E-state index contributed by atoms with van der Waals surface area (Å²) >= 11 is 5.99. The third kappa shape index (κ3) is 2.44. The van der Waals surface area contributed by atoms with Gasteiger partial charge in [-0.1, -0.05) is 11.6 Å². The highest BCUT2D eigenvalue weighted by molar-refractivity contribution is 6.31. The largest absolute Gasteiger partial charge is 0.508 e. The first kappa shape index (κ1) is 10.8. The normalized spacial score (nSPS) is 17.8. The van der Waals surface area contributed by atoms with Crippen LogP contribution in [0.15, 0.2) is 12.1 Å². The Morgan fingerprint density at radius 1 is 1.47 bits per heavy atom. The van der Waals surface area contributed by atoms with Gasteiger partial charge in [0.1, 0.15) is 5.75 Å². The number of hydrogen-bond donors (Lipinski definition) is 2. The quantitative estimate of drug-likeness (QED) is 0.831. The van der Waals surface area contributed by atoms with Gasteiger partial charge in [-0.2, -0.15) is 0 Å². The van der Waals surface area contributed by atoms with Gasteiger partial charge in [-0.15, -0.1) is 0 Å². The summed E-state index contributed by atoms with van der Waals surface area (Å²) in [5.41, 5.74) is 7.88. The second kappa shape index (κ2) is 3.69. The molecule has 1 aromatic rings. The van der Waals surface area contributed by atoms with Crippen LogP contribution in [0.25, 0.3) is 0 Å². The van der Waals surface area contributed by atoms with E-state index in [1.54, 1.807) is 6.07 Å². The van der Waals surface area contributed by atoms with Crippen molar-refractivity contribution in [1.29, 1.82) is 0 Å². The van der Waals surface area contributed by atoms with Gasteiger partial charge in [0.05, 0.1) is 0 Å². The van der Waals surface area contributed by atoms with Crippen molar-refractivity contribution in [3.8, 4) is 5.75 Å². The van der Waals surface area contributed by atoms with Crippen molar-refractivity contribution in [2.24, 2.45) is 5.73 Å². The minimum atomic E-state index is 0.0625. The van der Waals surface area contributed by atoms with E-state index in [2.05, 4.69) is 0 Å². The average Bonchev–Trinajstić information content (AvgIpc) is 2.90. The zero-order chi connectivity index (χ0) is 11.1. The molecule has 0 amide bonds. The second-order valence-corrected chi connectivity index (χ2v) is 4.99. The highest BCUT2D eigenvalue weighted by Gasteiger charge is 2.37. The Bertz CT molecular complexity index is 362. The van der Waals surface area contributed by atoms with Crippen LogP contribution < -0.4 is 5.73 Å². The number of aryl methyl sites for hydroxylation is 1. The van der Waals surface area contributed by atoms with Crippen LogP contribution in [-0.4, -0.2) is 10.6 Å². The van der Waals surface area contributed by atoms with Gasteiger partial charge < -0.3 is 10.8 Å². The molecule has 3 N–H and O–H groups in total. The standard InChI is InChI=1S/C12H16ClNO/c1-8-10(13)6-9(7-11(8)15)2-3-12(14)4-5-12/h6-7,15H,2-5,14H2,1H3. The molecule has 3 heteroatoms. The molecule has 82 valence electrons. The molecule has 0 aromatic heterocycles. The maximum absolute atomic E-state index is 9.61. The Labute approximate surface area is 95.1 Å². The Morgan fingerprint density at radius 2 is 2.13 bits per heavy atom. The lowest BCUT2D eigenvalue weighted by atomic mass is 10.0. The van der Waals surface area contributed by atoms with Gasteiger partial charge in [0.2, 0.25) is 0 Å². The third-order valence-corrected chi connectivity index (χ3v) is 3.57. The number of hydrogen-bond acceptors (Lipinski definition) is 2. The van der Waals surface area contributed by atoms with Crippen molar-refractivity contribution >= 4 is 11.6 Å². The molecule has 0 radical (unpaired) electrons. The Hall–Kier alpha value is -0.730. The number of aromatic hydroxyl groups is 1. The maximum Gasteiger partial charge on any atom is 0.120 e. The van der Waals surface area contributed by atoms with Gasteiger partial charge >= 0.3 is 0 Å². The molecule has 1 saturated carbocycles. The second-order valence-electron chi connectivity index (χ2n) is 4.58. The van der Waals surface area contributed by atoms with Crippen LogP contribution in [0, 0.1) is 6.92 Å². The number of benzene rings is 1. The highest BCUT2D eigenvalue weighted by atomic mass is 35.5. The number of phenolic OH excluding ortho intramolecular Hbond substituents is 1. The van der Waals surface area contributed by atoms with Crippen LogP contribution >= 0.6 is 11.6 Å². The Balaban J connectivity index is 2.08. The fourth-order valence-electron chi connectivity index (χ4n) is 1.67.